The molecule has 24 heavy (non-hydrogen) atoms. The van der Waals surface area contributed by atoms with Gasteiger partial charge in [0.25, 0.3) is 0 Å². The van der Waals surface area contributed by atoms with Crippen LogP contribution in [0.5, 0.6) is 0 Å². The first-order chi connectivity index (χ1) is 11.6. The van der Waals surface area contributed by atoms with E-state index in [0.717, 1.165) is 16.4 Å². The fourth-order valence-corrected chi connectivity index (χ4v) is 19.7. The van der Waals surface area contributed by atoms with Gasteiger partial charge in [0.1, 0.15) is 0 Å². The molecule has 0 fully saturated rings. The van der Waals surface area contributed by atoms with Gasteiger partial charge in [0.15, 0.2) is 0 Å². The Morgan fingerprint density at radius 1 is 0.917 bits per heavy atom. The number of hydrogen-bond acceptors (Lipinski definition) is 2. The zero-order valence-electron chi connectivity index (χ0n) is 16.7. The van der Waals surface area contributed by atoms with Crippen LogP contribution >= 0.6 is 0 Å². The normalized spacial score (nSPS) is 12.2. The molecule has 2 nitrogen and oxygen atoms in total. The van der Waals surface area contributed by atoms with E-state index in [2.05, 4.69) is 40.3 Å². The molecule has 0 saturated carbocycles. The van der Waals surface area contributed by atoms with Crippen LogP contribution in [0.25, 0.3) is 0 Å². The van der Waals surface area contributed by atoms with Gasteiger partial charge in [-0.3, -0.25) is 0 Å². The Morgan fingerprint density at radius 3 is 1.79 bits per heavy atom. The topological polar surface area (TPSA) is 26.3 Å². The zero-order chi connectivity index (χ0) is 18.3. The van der Waals surface area contributed by atoms with Crippen LogP contribution in [0.3, 0.4) is 0 Å². The Hall–Kier alpha value is -0.251. The summed E-state index contributed by atoms with van der Waals surface area (Å²) in [6.07, 6.45) is 13.5. The van der Waals surface area contributed by atoms with Crippen LogP contribution in [-0.2, 0) is 9.53 Å². The molecule has 0 aliphatic heterocycles. The molecule has 0 saturated heterocycles. The molecule has 0 unspecified atom stereocenters. The molecular weight excluding hydrogens is 403 g/mol. The monoisotopic (exact) mass is 444 g/mol. The molecule has 0 aromatic heterocycles. The maximum atomic E-state index is 12.9. The van der Waals surface area contributed by atoms with Crippen LogP contribution in [0.2, 0.25) is 13.3 Å². The maximum absolute atomic E-state index is 12.9. The van der Waals surface area contributed by atoms with E-state index in [-0.39, 0.29) is 5.97 Å². The van der Waals surface area contributed by atoms with Crippen molar-refractivity contribution in [2.75, 3.05) is 6.61 Å². The van der Waals surface area contributed by atoms with E-state index in [1.165, 1.54) is 51.8 Å². The van der Waals surface area contributed by atoms with E-state index in [0.29, 0.717) is 6.61 Å². The van der Waals surface area contributed by atoms with Crippen molar-refractivity contribution < 1.29 is 9.53 Å². The second-order valence-electron chi connectivity index (χ2n) is 6.88. The van der Waals surface area contributed by atoms with E-state index < -0.39 is 18.4 Å². The summed E-state index contributed by atoms with van der Waals surface area (Å²) in [4.78, 5) is 12.9. The summed E-state index contributed by atoms with van der Waals surface area (Å²) in [5, 5.41) is 0. The number of ether oxygens (including phenoxy) is 1. The van der Waals surface area contributed by atoms with Crippen LogP contribution in [0.4, 0.5) is 0 Å². The molecule has 0 rings (SSSR count). The molecule has 0 N–H and O–H groups in total. The molecular formula is C21H40O2Sn. The third-order valence-corrected chi connectivity index (χ3v) is 20.4. The van der Waals surface area contributed by atoms with Crippen molar-refractivity contribution in [1.82, 2.24) is 0 Å². The summed E-state index contributed by atoms with van der Waals surface area (Å²) >= 11 is -2.70. The molecule has 0 aliphatic rings. The molecule has 0 aromatic rings. The molecule has 0 amide bonds. The number of rotatable bonds is 15. The van der Waals surface area contributed by atoms with Crippen molar-refractivity contribution >= 4 is 24.3 Å². The third kappa shape index (κ3) is 8.73. The summed E-state index contributed by atoms with van der Waals surface area (Å²) in [6.45, 7) is 13.0. The van der Waals surface area contributed by atoms with Crippen molar-refractivity contribution in [2.45, 2.75) is 92.4 Å². The zero-order valence-corrected chi connectivity index (χ0v) is 19.5. The minimum absolute atomic E-state index is 0.0255. The summed E-state index contributed by atoms with van der Waals surface area (Å²) in [5.74, 6) is -0.0255. The Bertz CT molecular complexity index is 352. The predicted octanol–water partition coefficient (Wildman–Crippen LogP) is 6.83. The van der Waals surface area contributed by atoms with Crippen LogP contribution in [-0.4, -0.2) is 31.0 Å². The SMILES string of the molecule is C=CCOC(=O)/[C](=C\CCC)[Sn]([CH2]CCC)([CH2]CCC)[CH2]CCC. The van der Waals surface area contributed by atoms with Crippen molar-refractivity contribution in [3.05, 3.63) is 22.3 Å². The fraction of sp³-hybridized carbons (Fsp3) is 0.762. The average molecular weight is 443 g/mol. The number of unbranched alkanes of at least 4 members (excludes halogenated alkanes) is 4. The molecule has 0 bridgehead atoms. The summed E-state index contributed by atoms with van der Waals surface area (Å²) < 4.78 is 10.6. The number of allylic oxidation sites excluding steroid dienone is 1. The van der Waals surface area contributed by atoms with Gasteiger partial charge in [0, 0.05) is 0 Å². The minimum atomic E-state index is -2.70. The van der Waals surface area contributed by atoms with Crippen LogP contribution in [0.1, 0.15) is 79.1 Å². The Labute approximate surface area is 155 Å². The average Bonchev–Trinajstić information content (AvgIpc) is 2.60. The van der Waals surface area contributed by atoms with Gasteiger partial charge in [-0.05, 0) is 0 Å². The molecule has 0 spiro atoms. The van der Waals surface area contributed by atoms with Gasteiger partial charge in [-0.25, -0.2) is 0 Å². The molecule has 0 aromatic carbocycles. The number of carbonyl (C=O) groups excluding carboxylic acids is 1. The quantitative estimate of drug-likeness (QED) is 0.120. The number of esters is 1. The van der Waals surface area contributed by atoms with E-state index in [4.69, 9.17) is 4.74 Å². The fourth-order valence-electron chi connectivity index (χ4n) is 3.34. The Kier molecular flexibility index (Phi) is 14.9. The molecule has 0 atom stereocenters. The summed E-state index contributed by atoms with van der Waals surface area (Å²) in [6, 6.07) is 0. The Balaban J connectivity index is 5.68. The van der Waals surface area contributed by atoms with Gasteiger partial charge in [-0.1, -0.05) is 0 Å². The Morgan fingerprint density at radius 2 is 1.42 bits per heavy atom. The van der Waals surface area contributed by atoms with Gasteiger partial charge in [0.2, 0.25) is 0 Å². The van der Waals surface area contributed by atoms with Crippen molar-refractivity contribution in [3.8, 4) is 0 Å². The van der Waals surface area contributed by atoms with E-state index >= 15 is 0 Å². The van der Waals surface area contributed by atoms with Gasteiger partial charge >= 0.3 is 155 Å². The van der Waals surface area contributed by atoms with Gasteiger partial charge in [0.05, 0.1) is 0 Å². The third-order valence-electron chi connectivity index (χ3n) is 4.79. The first kappa shape index (κ1) is 23.7. The predicted molar refractivity (Wildman–Crippen MR) is 109 cm³/mol. The first-order valence-electron chi connectivity index (χ1n) is 10.1. The number of hydrogen-bond donors (Lipinski definition) is 0. The molecule has 0 heterocycles. The van der Waals surface area contributed by atoms with Crippen molar-refractivity contribution in [2.24, 2.45) is 0 Å². The van der Waals surface area contributed by atoms with Gasteiger partial charge < -0.3 is 0 Å². The van der Waals surface area contributed by atoms with Crippen LogP contribution < -0.4 is 0 Å². The van der Waals surface area contributed by atoms with Crippen molar-refractivity contribution in [3.63, 3.8) is 0 Å². The van der Waals surface area contributed by atoms with E-state index in [1.807, 2.05) is 0 Å². The first-order valence-corrected chi connectivity index (χ1v) is 17.6. The van der Waals surface area contributed by atoms with Gasteiger partial charge in [-0.2, -0.15) is 0 Å². The second-order valence-corrected chi connectivity index (χ2v) is 20.0. The molecule has 0 aliphatic carbocycles. The summed E-state index contributed by atoms with van der Waals surface area (Å²) in [7, 11) is 0. The molecule has 140 valence electrons. The molecule has 0 radical (unpaired) electrons. The number of carbonyl (C=O) groups is 1. The van der Waals surface area contributed by atoms with Crippen LogP contribution in [0, 0.1) is 0 Å². The van der Waals surface area contributed by atoms with Crippen molar-refractivity contribution in [1.29, 1.82) is 0 Å². The van der Waals surface area contributed by atoms with E-state index in [1.54, 1.807) is 6.08 Å². The van der Waals surface area contributed by atoms with E-state index in [9.17, 15) is 4.79 Å². The second kappa shape index (κ2) is 15.0. The van der Waals surface area contributed by atoms with Gasteiger partial charge in [-0.15, -0.1) is 0 Å². The molecule has 3 heteroatoms. The van der Waals surface area contributed by atoms with Crippen LogP contribution in [0.15, 0.2) is 22.3 Å². The summed E-state index contributed by atoms with van der Waals surface area (Å²) in [5.41, 5.74) is 0. The standard InChI is InChI=1S/C9H13O2.3C4H9.Sn/c1-3-5-6-7-9(10)11-8-4-2;3*1-3-4-2;/h4,6H,2-3,5,8H2,1H3;3*1,3-4H2,2H3;.